The van der Waals surface area contributed by atoms with Gasteiger partial charge in [-0.05, 0) is 36.5 Å². The van der Waals surface area contributed by atoms with Gasteiger partial charge in [-0.1, -0.05) is 19.1 Å². The lowest BCUT2D eigenvalue weighted by molar-refractivity contribution is -0.133. The molecule has 0 spiro atoms. The largest absolute Gasteiger partial charge is 0.497 e. The number of amides is 1. The molecule has 1 heterocycles. The van der Waals surface area contributed by atoms with E-state index in [-0.39, 0.29) is 17.9 Å². The Morgan fingerprint density at radius 2 is 2.24 bits per heavy atom. The molecule has 4 heteroatoms. The van der Waals surface area contributed by atoms with Gasteiger partial charge < -0.3 is 14.4 Å². The zero-order chi connectivity index (χ0) is 15.2. The average molecular weight is 291 g/mol. The fourth-order valence-electron chi connectivity index (χ4n) is 2.97. The molecule has 0 bridgehead atoms. The van der Waals surface area contributed by atoms with Gasteiger partial charge in [-0.3, -0.25) is 4.79 Å². The van der Waals surface area contributed by atoms with Crippen LogP contribution in [-0.4, -0.2) is 44.2 Å². The summed E-state index contributed by atoms with van der Waals surface area (Å²) >= 11 is 0. The van der Waals surface area contributed by atoms with Crippen LogP contribution in [0.5, 0.6) is 5.75 Å². The lowest BCUT2D eigenvalue weighted by atomic mass is 9.97. The number of nitrogens with zero attached hydrogens (tertiary/aromatic N) is 1. The van der Waals surface area contributed by atoms with Gasteiger partial charge in [-0.25, -0.2) is 0 Å². The Hall–Kier alpha value is -1.55. The molecule has 4 nitrogen and oxygen atoms in total. The Balaban J connectivity index is 1.98. The predicted octanol–water partition coefficient (Wildman–Crippen LogP) is 2.83. The van der Waals surface area contributed by atoms with Crippen LogP contribution in [0.3, 0.4) is 0 Å². The second-order valence-corrected chi connectivity index (χ2v) is 5.72. The summed E-state index contributed by atoms with van der Waals surface area (Å²) in [5, 5.41) is 0. The topological polar surface area (TPSA) is 38.8 Å². The molecule has 1 aliphatic heterocycles. The third-order valence-corrected chi connectivity index (χ3v) is 4.20. The molecular formula is C17H25NO3. The summed E-state index contributed by atoms with van der Waals surface area (Å²) in [7, 11) is 3.36. The zero-order valence-corrected chi connectivity index (χ0v) is 13.2. The van der Waals surface area contributed by atoms with Crippen molar-refractivity contribution in [1.82, 2.24) is 4.90 Å². The second-order valence-electron chi connectivity index (χ2n) is 5.72. The fourth-order valence-corrected chi connectivity index (χ4v) is 2.97. The van der Waals surface area contributed by atoms with E-state index in [1.807, 2.05) is 23.1 Å². The standard InChI is InChI=1S/C17H25NO3/c1-13(14-6-4-8-16(11-14)21-3)10-17(19)18-9-5-7-15(18)12-20-2/h4,6,8,11,13,15H,5,7,9-10,12H2,1-3H3. The van der Waals surface area contributed by atoms with Crippen LogP contribution in [0.2, 0.25) is 0 Å². The summed E-state index contributed by atoms with van der Waals surface area (Å²) in [6.45, 7) is 3.59. The van der Waals surface area contributed by atoms with Crippen molar-refractivity contribution in [2.75, 3.05) is 27.4 Å². The summed E-state index contributed by atoms with van der Waals surface area (Å²) in [6.07, 6.45) is 2.66. The van der Waals surface area contributed by atoms with E-state index in [1.165, 1.54) is 0 Å². The molecule has 1 aliphatic rings. The maximum absolute atomic E-state index is 12.5. The van der Waals surface area contributed by atoms with Gasteiger partial charge in [0.2, 0.25) is 5.91 Å². The van der Waals surface area contributed by atoms with Crippen LogP contribution in [0.15, 0.2) is 24.3 Å². The summed E-state index contributed by atoms with van der Waals surface area (Å²) < 4.78 is 10.5. The van der Waals surface area contributed by atoms with Crippen LogP contribution in [0.4, 0.5) is 0 Å². The van der Waals surface area contributed by atoms with Crippen LogP contribution in [0.25, 0.3) is 0 Å². The Labute approximate surface area is 127 Å². The Kier molecular flexibility index (Phi) is 5.62. The molecule has 0 N–H and O–H groups in total. The Morgan fingerprint density at radius 1 is 1.43 bits per heavy atom. The third kappa shape index (κ3) is 3.97. The van der Waals surface area contributed by atoms with Crippen molar-refractivity contribution >= 4 is 5.91 Å². The molecule has 0 aliphatic carbocycles. The lowest BCUT2D eigenvalue weighted by Crippen LogP contribution is -2.38. The maximum Gasteiger partial charge on any atom is 0.223 e. The Bertz CT molecular complexity index is 475. The highest BCUT2D eigenvalue weighted by Crippen LogP contribution is 2.26. The van der Waals surface area contributed by atoms with E-state index in [1.54, 1.807) is 14.2 Å². The van der Waals surface area contributed by atoms with Crippen molar-refractivity contribution in [3.63, 3.8) is 0 Å². The van der Waals surface area contributed by atoms with Gasteiger partial charge in [0.15, 0.2) is 0 Å². The van der Waals surface area contributed by atoms with Gasteiger partial charge >= 0.3 is 0 Å². The van der Waals surface area contributed by atoms with Gasteiger partial charge in [-0.2, -0.15) is 0 Å². The molecule has 1 fully saturated rings. The van der Waals surface area contributed by atoms with E-state index in [4.69, 9.17) is 9.47 Å². The van der Waals surface area contributed by atoms with Crippen molar-refractivity contribution in [1.29, 1.82) is 0 Å². The number of carbonyl (C=O) groups is 1. The summed E-state index contributed by atoms with van der Waals surface area (Å²) in [6, 6.07) is 8.21. The summed E-state index contributed by atoms with van der Waals surface area (Å²) in [5.74, 6) is 1.26. The van der Waals surface area contributed by atoms with E-state index >= 15 is 0 Å². The first kappa shape index (κ1) is 15.8. The van der Waals surface area contributed by atoms with Gasteiger partial charge in [-0.15, -0.1) is 0 Å². The van der Waals surface area contributed by atoms with Crippen molar-refractivity contribution in [3.8, 4) is 5.75 Å². The predicted molar refractivity (Wildman–Crippen MR) is 82.6 cm³/mol. The number of likely N-dealkylation sites (tertiary alicyclic amines) is 1. The van der Waals surface area contributed by atoms with Crippen LogP contribution in [0, 0.1) is 0 Å². The highest BCUT2D eigenvalue weighted by molar-refractivity contribution is 5.77. The van der Waals surface area contributed by atoms with Gasteiger partial charge in [0, 0.05) is 20.1 Å². The molecule has 116 valence electrons. The van der Waals surface area contributed by atoms with E-state index in [9.17, 15) is 4.79 Å². The van der Waals surface area contributed by atoms with Crippen molar-refractivity contribution in [2.45, 2.75) is 38.1 Å². The minimum atomic E-state index is 0.191. The first-order chi connectivity index (χ1) is 10.2. The number of hydrogen-bond donors (Lipinski definition) is 0. The molecule has 2 rings (SSSR count). The van der Waals surface area contributed by atoms with Crippen LogP contribution < -0.4 is 4.74 Å². The number of hydrogen-bond acceptors (Lipinski definition) is 3. The van der Waals surface area contributed by atoms with E-state index in [2.05, 4.69) is 13.0 Å². The number of methoxy groups -OCH3 is 2. The van der Waals surface area contributed by atoms with Crippen molar-refractivity contribution < 1.29 is 14.3 Å². The molecule has 1 aromatic rings. The maximum atomic E-state index is 12.5. The van der Waals surface area contributed by atoms with Crippen molar-refractivity contribution in [3.05, 3.63) is 29.8 Å². The highest BCUT2D eigenvalue weighted by atomic mass is 16.5. The summed E-state index contributed by atoms with van der Waals surface area (Å²) in [5.41, 5.74) is 1.14. The fraction of sp³-hybridized carbons (Fsp3) is 0.588. The summed E-state index contributed by atoms with van der Waals surface area (Å²) in [4.78, 5) is 14.5. The third-order valence-electron chi connectivity index (χ3n) is 4.20. The molecular weight excluding hydrogens is 266 g/mol. The van der Waals surface area contributed by atoms with Crippen LogP contribution in [0.1, 0.15) is 37.7 Å². The molecule has 1 saturated heterocycles. The van der Waals surface area contributed by atoms with Gasteiger partial charge in [0.1, 0.15) is 5.75 Å². The molecule has 1 aromatic carbocycles. The Morgan fingerprint density at radius 3 is 2.95 bits per heavy atom. The normalized spacial score (nSPS) is 19.6. The molecule has 2 atom stereocenters. The van der Waals surface area contributed by atoms with E-state index < -0.39 is 0 Å². The highest BCUT2D eigenvalue weighted by Gasteiger charge is 2.29. The van der Waals surface area contributed by atoms with Gasteiger partial charge in [0.25, 0.3) is 0 Å². The van der Waals surface area contributed by atoms with Crippen LogP contribution >= 0.6 is 0 Å². The second kappa shape index (κ2) is 7.46. The smallest absolute Gasteiger partial charge is 0.223 e. The number of benzene rings is 1. The van der Waals surface area contributed by atoms with Gasteiger partial charge in [0.05, 0.1) is 19.8 Å². The SMILES string of the molecule is COCC1CCCN1C(=O)CC(C)c1cccc(OC)c1. The average Bonchev–Trinajstić information content (AvgIpc) is 2.96. The first-order valence-electron chi connectivity index (χ1n) is 7.58. The molecule has 0 aromatic heterocycles. The molecule has 0 radical (unpaired) electrons. The lowest BCUT2D eigenvalue weighted by Gasteiger charge is -2.25. The van der Waals surface area contributed by atoms with E-state index in [0.29, 0.717) is 13.0 Å². The molecule has 21 heavy (non-hydrogen) atoms. The van der Waals surface area contributed by atoms with E-state index in [0.717, 1.165) is 30.7 Å². The van der Waals surface area contributed by atoms with Crippen LogP contribution in [-0.2, 0) is 9.53 Å². The minimum absolute atomic E-state index is 0.191. The molecule has 2 unspecified atom stereocenters. The number of ether oxygens (including phenoxy) is 2. The van der Waals surface area contributed by atoms with Crippen molar-refractivity contribution in [2.24, 2.45) is 0 Å². The monoisotopic (exact) mass is 291 g/mol. The number of rotatable bonds is 6. The first-order valence-corrected chi connectivity index (χ1v) is 7.58. The quantitative estimate of drug-likeness (QED) is 0.809. The molecule has 1 amide bonds. The minimum Gasteiger partial charge on any atom is -0.497 e. The molecule has 0 saturated carbocycles. The zero-order valence-electron chi connectivity index (χ0n) is 13.2. The number of carbonyl (C=O) groups excluding carboxylic acids is 1.